The van der Waals surface area contributed by atoms with Gasteiger partial charge in [-0.25, -0.2) is 14.6 Å². The molecule has 2 rings (SSSR count). The standard InChI is InChI=1S/C6H5NO2.C4H3NO3/c8-6(9)5-2-1-3-7-4-5;6-4(7)3-5-1-2-8-3/h1-4H,(H,8,9);1-2H,(H,6,7). The van der Waals surface area contributed by atoms with E-state index in [0.717, 1.165) is 0 Å². The largest absolute Gasteiger partial charge is 0.478 e. The fourth-order valence-corrected chi connectivity index (χ4v) is 0.818. The van der Waals surface area contributed by atoms with Gasteiger partial charge in [-0.2, -0.15) is 0 Å². The quantitative estimate of drug-likeness (QED) is 0.803. The van der Waals surface area contributed by atoms with E-state index in [-0.39, 0.29) is 11.5 Å². The molecule has 2 N–H and O–H groups in total. The molecule has 0 saturated heterocycles. The normalized spacial score (nSPS) is 8.94. The molecule has 0 unspecified atom stereocenters. The second kappa shape index (κ2) is 6.01. The zero-order chi connectivity index (χ0) is 12.7. The fourth-order valence-electron chi connectivity index (χ4n) is 0.818. The SMILES string of the molecule is O=C(O)c1cccnc1.O=C(O)c1ncco1. The van der Waals surface area contributed by atoms with Crippen LogP contribution >= 0.6 is 0 Å². The summed E-state index contributed by atoms with van der Waals surface area (Å²) in [5.41, 5.74) is 0.220. The van der Waals surface area contributed by atoms with E-state index in [1.807, 2.05) is 0 Å². The highest BCUT2D eigenvalue weighted by atomic mass is 16.4. The van der Waals surface area contributed by atoms with Gasteiger partial charge in [-0.05, 0) is 12.1 Å². The Hall–Kier alpha value is -2.70. The molecule has 0 radical (unpaired) electrons. The van der Waals surface area contributed by atoms with Crippen LogP contribution in [0.25, 0.3) is 0 Å². The zero-order valence-electron chi connectivity index (χ0n) is 8.48. The molecule has 17 heavy (non-hydrogen) atoms. The van der Waals surface area contributed by atoms with Gasteiger partial charge in [0.2, 0.25) is 0 Å². The summed E-state index contributed by atoms with van der Waals surface area (Å²) in [7, 11) is 0. The molecule has 0 amide bonds. The first-order valence-electron chi connectivity index (χ1n) is 4.37. The first-order valence-corrected chi connectivity index (χ1v) is 4.37. The lowest BCUT2D eigenvalue weighted by molar-refractivity contribution is 0.0651. The second-order valence-corrected chi connectivity index (χ2v) is 2.69. The lowest BCUT2D eigenvalue weighted by Gasteiger charge is -1.87. The summed E-state index contributed by atoms with van der Waals surface area (Å²) in [6.07, 6.45) is 5.34. The predicted molar refractivity (Wildman–Crippen MR) is 54.7 cm³/mol. The van der Waals surface area contributed by atoms with Crippen LogP contribution in [0.4, 0.5) is 0 Å². The molecule has 0 bridgehead atoms. The summed E-state index contributed by atoms with van der Waals surface area (Å²) in [5.74, 6) is -2.36. The number of carbonyl (C=O) groups is 2. The van der Waals surface area contributed by atoms with Crippen LogP contribution in [-0.2, 0) is 0 Å². The second-order valence-electron chi connectivity index (χ2n) is 2.69. The van der Waals surface area contributed by atoms with Crippen molar-refractivity contribution in [3.8, 4) is 0 Å². The highest BCUT2D eigenvalue weighted by Crippen LogP contribution is 1.93. The zero-order valence-corrected chi connectivity index (χ0v) is 8.48. The van der Waals surface area contributed by atoms with Crippen molar-refractivity contribution in [3.63, 3.8) is 0 Å². The highest BCUT2D eigenvalue weighted by Gasteiger charge is 2.04. The van der Waals surface area contributed by atoms with Gasteiger partial charge in [0.25, 0.3) is 0 Å². The van der Waals surface area contributed by atoms with Crippen molar-refractivity contribution in [2.24, 2.45) is 0 Å². The van der Waals surface area contributed by atoms with Crippen molar-refractivity contribution in [1.29, 1.82) is 0 Å². The van der Waals surface area contributed by atoms with Crippen molar-refractivity contribution in [1.82, 2.24) is 9.97 Å². The van der Waals surface area contributed by atoms with Gasteiger partial charge in [-0.1, -0.05) is 0 Å². The van der Waals surface area contributed by atoms with Crippen LogP contribution < -0.4 is 0 Å². The monoisotopic (exact) mass is 236 g/mol. The van der Waals surface area contributed by atoms with Crippen LogP contribution in [0.1, 0.15) is 21.0 Å². The van der Waals surface area contributed by atoms with Crippen molar-refractivity contribution in [2.45, 2.75) is 0 Å². The van der Waals surface area contributed by atoms with Crippen LogP contribution in [-0.4, -0.2) is 32.1 Å². The summed E-state index contributed by atoms with van der Waals surface area (Å²) in [4.78, 5) is 27.0. The molecule has 0 aliphatic heterocycles. The maximum absolute atomic E-state index is 10.2. The Morgan fingerprint density at radius 2 is 1.94 bits per heavy atom. The number of oxazole rings is 1. The van der Waals surface area contributed by atoms with Crippen LogP contribution in [0, 0.1) is 0 Å². The molecule has 2 aromatic rings. The number of carboxylic acids is 2. The molecule has 2 aromatic heterocycles. The van der Waals surface area contributed by atoms with Gasteiger partial charge in [0.05, 0.1) is 11.8 Å². The van der Waals surface area contributed by atoms with E-state index in [1.165, 1.54) is 30.9 Å². The Morgan fingerprint density at radius 3 is 2.24 bits per heavy atom. The van der Waals surface area contributed by atoms with Gasteiger partial charge in [0.15, 0.2) is 0 Å². The summed E-state index contributed by atoms with van der Waals surface area (Å²) in [5, 5.41) is 16.5. The number of rotatable bonds is 2. The number of hydrogen-bond acceptors (Lipinski definition) is 5. The number of nitrogens with zero attached hydrogens (tertiary/aromatic N) is 2. The number of carboxylic acid groups (broad SMARTS) is 2. The predicted octanol–water partition coefficient (Wildman–Crippen LogP) is 1.15. The first kappa shape index (κ1) is 12.4. The molecular formula is C10H8N2O5. The Bertz CT molecular complexity index is 481. The first-order chi connectivity index (χ1) is 8.11. The Labute approximate surface area is 95.4 Å². The van der Waals surface area contributed by atoms with Gasteiger partial charge >= 0.3 is 17.8 Å². The van der Waals surface area contributed by atoms with Gasteiger partial charge in [-0.15, -0.1) is 0 Å². The summed E-state index contributed by atoms with van der Waals surface area (Å²) >= 11 is 0. The van der Waals surface area contributed by atoms with Crippen molar-refractivity contribution < 1.29 is 24.2 Å². The molecule has 0 spiro atoms. The van der Waals surface area contributed by atoms with Crippen LogP contribution in [0.5, 0.6) is 0 Å². The van der Waals surface area contributed by atoms with Crippen LogP contribution in [0.15, 0.2) is 41.4 Å². The minimum Gasteiger partial charge on any atom is -0.478 e. The summed E-state index contributed by atoms with van der Waals surface area (Å²) in [6, 6.07) is 3.08. The topological polar surface area (TPSA) is 114 Å². The molecule has 0 atom stereocenters. The molecule has 0 fully saturated rings. The van der Waals surface area contributed by atoms with E-state index in [2.05, 4.69) is 14.4 Å². The minimum absolute atomic E-state index is 0.220. The van der Waals surface area contributed by atoms with Crippen molar-refractivity contribution in [2.75, 3.05) is 0 Å². The number of hydrogen-bond donors (Lipinski definition) is 2. The number of aromatic carboxylic acids is 2. The molecule has 0 saturated carbocycles. The molecule has 7 nitrogen and oxygen atoms in total. The lowest BCUT2D eigenvalue weighted by atomic mass is 10.3. The van der Waals surface area contributed by atoms with E-state index in [9.17, 15) is 9.59 Å². The maximum Gasteiger partial charge on any atom is 0.392 e. The van der Waals surface area contributed by atoms with E-state index in [0.29, 0.717) is 0 Å². The minimum atomic E-state index is -1.14. The Balaban J connectivity index is 0.000000171. The van der Waals surface area contributed by atoms with Gasteiger partial charge in [-0.3, -0.25) is 4.98 Å². The fraction of sp³-hybridized carbons (Fsp3) is 0. The lowest BCUT2D eigenvalue weighted by Crippen LogP contribution is -1.94. The molecule has 0 aliphatic rings. The van der Waals surface area contributed by atoms with Crippen LogP contribution in [0.3, 0.4) is 0 Å². The molecule has 7 heteroatoms. The third-order valence-corrected chi connectivity index (χ3v) is 1.52. The average Bonchev–Trinajstić information content (AvgIpc) is 2.84. The highest BCUT2D eigenvalue weighted by molar-refractivity contribution is 5.86. The number of aromatic nitrogens is 2. The average molecular weight is 236 g/mol. The third-order valence-electron chi connectivity index (χ3n) is 1.52. The third kappa shape index (κ3) is 4.12. The molecule has 2 heterocycles. The van der Waals surface area contributed by atoms with Crippen LogP contribution in [0.2, 0.25) is 0 Å². The van der Waals surface area contributed by atoms with Crippen molar-refractivity contribution >= 4 is 11.9 Å². The molecule has 0 aromatic carbocycles. The number of pyridine rings is 1. The Morgan fingerprint density at radius 1 is 1.18 bits per heavy atom. The Kier molecular flexibility index (Phi) is 4.37. The van der Waals surface area contributed by atoms with E-state index in [1.54, 1.807) is 6.07 Å². The maximum atomic E-state index is 10.2. The van der Waals surface area contributed by atoms with Gasteiger partial charge < -0.3 is 14.6 Å². The molecular weight excluding hydrogens is 228 g/mol. The smallest absolute Gasteiger partial charge is 0.392 e. The summed E-state index contributed by atoms with van der Waals surface area (Å²) in [6.45, 7) is 0. The van der Waals surface area contributed by atoms with Gasteiger partial charge in [0.1, 0.15) is 6.26 Å². The molecule has 88 valence electrons. The molecule has 0 aliphatic carbocycles. The van der Waals surface area contributed by atoms with Gasteiger partial charge in [0, 0.05) is 12.4 Å². The van der Waals surface area contributed by atoms with E-state index < -0.39 is 11.9 Å². The van der Waals surface area contributed by atoms with E-state index >= 15 is 0 Å². The van der Waals surface area contributed by atoms with E-state index in [4.69, 9.17) is 10.2 Å². The van der Waals surface area contributed by atoms with Crippen molar-refractivity contribution in [3.05, 3.63) is 48.4 Å². The summed E-state index contributed by atoms with van der Waals surface area (Å²) < 4.78 is 4.38.